The van der Waals surface area contributed by atoms with Crippen LogP contribution in [0.25, 0.3) is 10.9 Å². The van der Waals surface area contributed by atoms with Gasteiger partial charge in [-0.25, -0.2) is 0 Å². The third kappa shape index (κ3) is 2.43. The maximum Gasteiger partial charge on any atom is 0.0951 e. The highest BCUT2D eigenvalue weighted by Gasteiger charge is 2.22. The van der Waals surface area contributed by atoms with Crippen LogP contribution in [-0.2, 0) is 0 Å². The van der Waals surface area contributed by atoms with E-state index in [-0.39, 0.29) is 0 Å². The number of fused-ring (bicyclic) bond motifs is 1. The summed E-state index contributed by atoms with van der Waals surface area (Å²) in [5.74, 6) is 0. The van der Waals surface area contributed by atoms with Crippen molar-refractivity contribution in [2.75, 3.05) is 30.7 Å². The number of likely N-dealkylation sites (N-methyl/N-ethyl adjacent to an activating group) is 1. The van der Waals surface area contributed by atoms with Crippen molar-refractivity contribution in [2.24, 2.45) is 0 Å². The second-order valence-corrected chi connectivity index (χ2v) is 5.41. The van der Waals surface area contributed by atoms with E-state index in [1.165, 1.54) is 19.4 Å². The zero-order chi connectivity index (χ0) is 13.9. The number of para-hydroxylation sites is 1. The Morgan fingerprint density at radius 3 is 3.15 bits per heavy atom. The van der Waals surface area contributed by atoms with E-state index < -0.39 is 0 Å². The van der Waals surface area contributed by atoms with Gasteiger partial charge in [-0.2, -0.15) is 0 Å². The molecule has 1 fully saturated rings. The molecule has 1 aromatic carbocycles. The van der Waals surface area contributed by atoms with E-state index in [1.54, 1.807) is 0 Å². The minimum Gasteiger partial charge on any atom is -0.397 e. The molecule has 1 aliphatic rings. The molecule has 1 atom stereocenters. The smallest absolute Gasteiger partial charge is 0.0951 e. The highest BCUT2D eigenvalue weighted by Crippen LogP contribution is 2.26. The number of nitrogen functional groups attached to an aromatic ring is 1. The number of aromatic nitrogens is 1. The molecule has 4 heteroatoms. The van der Waals surface area contributed by atoms with Gasteiger partial charge in [-0.15, -0.1) is 0 Å². The summed E-state index contributed by atoms with van der Waals surface area (Å²) >= 11 is 0. The van der Waals surface area contributed by atoms with Crippen molar-refractivity contribution in [2.45, 2.75) is 25.8 Å². The Morgan fingerprint density at radius 2 is 2.30 bits per heavy atom. The summed E-state index contributed by atoms with van der Waals surface area (Å²) in [6, 6.07) is 8.64. The molecular weight excluding hydrogens is 248 g/mol. The molecule has 20 heavy (non-hydrogen) atoms. The number of rotatable bonds is 4. The molecule has 1 saturated heterocycles. The van der Waals surface area contributed by atoms with Crippen LogP contribution < -0.4 is 11.1 Å². The third-order valence-corrected chi connectivity index (χ3v) is 4.24. The molecule has 3 rings (SSSR count). The molecule has 0 amide bonds. The minimum atomic E-state index is 0.643. The Bertz CT molecular complexity index is 596. The van der Waals surface area contributed by atoms with E-state index in [4.69, 9.17) is 5.73 Å². The van der Waals surface area contributed by atoms with Crippen molar-refractivity contribution in [3.63, 3.8) is 0 Å². The fourth-order valence-electron chi connectivity index (χ4n) is 3.12. The van der Waals surface area contributed by atoms with Gasteiger partial charge in [0.05, 0.1) is 11.2 Å². The SMILES string of the molecule is CCN1CCCC1CNc1ccnc2c(N)cccc12. The average Bonchev–Trinajstić information content (AvgIpc) is 2.93. The van der Waals surface area contributed by atoms with Gasteiger partial charge in [-0.05, 0) is 38.1 Å². The number of nitrogens with two attached hydrogens (primary N) is 1. The summed E-state index contributed by atoms with van der Waals surface area (Å²) in [6.45, 7) is 5.59. The van der Waals surface area contributed by atoms with Gasteiger partial charge in [-0.3, -0.25) is 9.88 Å². The Labute approximate surface area is 120 Å². The first kappa shape index (κ1) is 13.2. The Hall–Kier alpha value is -1.81. The van der Waals surface area contributed by atoms with Gasteiger partial charge in [0.15, 0.2) is 0 Å². The maximum absolute atomic E-state index is 5.99. The molecule has 2 heterocycles. The van der Waals surface area contributed by atoms with Gasteiger partial charge in [0.2, 0.25) is 0 Å². The summed E-state index contributed by atoms with van der Waals surface area (Å²) in [4.78, 5) is 6.92. The molecule has 1 aliphatic heterocycles. The number of benzene rings is 1. The topological polar surface area (TPSA) is 54.2 Å². The highest BCUT2D eigenvalue weighted by molar-refractivity contribution is 5.97. The van der Waals surface area contributed by atoms with Crippen molar-refractivity contribution >= 4 is 22.3 Å². The Morgan fingerprint density at radius 1 is 1.40 bits per heavy atom. The van der Waals surface area contributed by atoms with Crippen LogP contribution >= 0.6 is 0 Å². The highest BCUT2D eigenvalue weighted by atomic mass is 15.2. The zero-order valence-electron chi connectivity index (χ0n) is 12.0. The van der Waals surface area contributed by atoms with E-state index in [2.05, 4.69) is 28.2 Å². The fraction of sp³-hybridized carbons (Fsp3) is 0.438. The Kier molecular flexibility index (Phi) is 3.74. The van der Waals surface area contributed by atoms with Crippen LogP contribution in [-0.4, -0.2) is 35.6 Å². The van der Waals surface area contributed by atoms with Gasteiger partial charge in [-0.1, -0.05) is 19.1 Å². The largest absolute Gasteiger partial charge is 0.397 e. The molecule has 106 valence electrons. The van der Waals surface area contributed by atoms with E-state index in [1.807, 2.05) is 24.4 Å². The monoisotopic (exact) mass is 270 g/mol. The molecule has 4 nitrogen and oxygen atoms in total. The number of hydrogen-bond donors (Lipinski definition) is 2. The van der Waals surface area contributed by atoms with E-state index in [0.717, 1.165) is 35.4 Å². The first-order chi connectivity index (χ1) is 9.79. The van der Waals surface area contributed by atoms with E-state index in [0.29, 0.717) is 6.04 Å². The van der Waals surface area contributed by atoms with Crippen molar-refractivity contribution in [3.05, 3.63) is 30.5 Å². The number of hydrogen-bond acceptors (Lipinski definition) is 4. The molecular formula is C16H22N4. The summed E-state index contributed by atoms with van der Waals surface area (Å²) in [5.41, 5.74) is 8.74. The normalized spacial score (nSPS) is 19.6. The first-order valence-electron chi connectivity index (χ1n) is 7.40. The number of nitrogens with zero attached hydrogens (tertiary/aromatic N) is 2. The second kappa shape index (κ2) is 5.67. The molecule has 0 aliphatic carbocycles. The summed E-state index contributed by atoms with van der Waals surface area (Å²) in [7, 11) is 0. The lowest BCUT2D eigenvalue weighted by molar-refractivity contribution is 0.277. The zero-order valence-corrected chi connectivity index (χ0v) is 12.0. The quantitative estimate of drug-likeness (QED) is 0.839. The molecule has 0 radical (unpaired) electrons. The maximum atomic E-state index is 5.99. The third-order valence-electron chi connectivity index (χ3n) is 4.24. The molecule has 1 unspecified atom stereocenters. The molecule has 3 N–H and O–H groups in total. The van der Waals surface area contributed by atoms with Crippen LogP contribution in [0.2, 0.25) is 0 Å². The van der Waals surface area contributed by atoms with Crippen molar-refractivity contribution in [3.8, 4) is 0 Å². The second-order valence-electron chi connectivity index (χ2n) is 5.41. The minimum absolute atomic E-state index is 0.643. The number of pyridine rings is 1. The standard InChI is InChI=1S/C16H22N4/c1-2-20-10-4-5-12(20)11-19-15-8-9-18-16-13(15)6-3-7-14(16)17/h3,6-9,12H,2,4-5,10-11,17H2,1H3,(H,18,19). The number of nitrogens with one attached hydrogen (secondary N) is 1. The number of anilines is 2. The van der Waals surface area contributed by atoms with Gasteiger partial charge in [0, 0.05) is 29.9 Å². The van der Waals surface area contributed by atoms with E-state index in [9.17, 15) is 0 Å². The molecule has 0 spiro atoms. The fourth-order valence-corrected chi connectivity index (χ4v) is 3.12. The predicted octanol–water partition coefficient (Wildman–Crippen LogP) is 2.71. The summed E-state index contributed by atoms with van der Waals surface area (Å²) in [5, 5.41) is 4.69. The van der Waals surface area contributed by atoms with Crippen LogP contribution in [0.15, 0.2) is 30.5 Å². The average molecular weight is 270 g/mol. The lowest BCUT2D eigenvalue weighted by Gasteiger charge is -2.23. The van der Waals surface area contributed by atoms with E-state index >= 15 is 0 Å². The van der Waals surface area contributed by atoms with Crippen LogP contribution in [0.4, 0.5) is 11.4 Å². The first-order valence-corrected chi connectivity index (χ1v) is 7.40. The van der Waals surface area contributed by atoms with Crippen molar-refractivity contribution in [1.82, 2.24) is 9.88 Å². The molecule has 0 bridgehead atoms. The van der Waals surface area contributed by atoms with Gasteiger partial charge in [0.1, 0.15) is 0 Å². The van der Waals surface area contributed by atoms with Crippen LogP contribution in [0.1, 0.15) is 19.8 Å². The van der Waals surface area contributed by atoms with Gasteiger partial charge >= 0.3 is 0 Å². The Balaban J connectivity index is 1.79. The van der Waals surface area contributed by atoms with Crippen molar-refractivity contribution in [1.29, 1.82) is 0 Å². The van der Waals surface area contributed by atoms with Crippen LogP contribution in [0, 0.1) is 0 Å². The number of likely N-dealkylation sites (tertiary alicyclic amines) is 1. The molecule has 2 aromatic rings. The summed E-state index contributed by atoms with van der Waals surface area (Å²) < 4.78 is 0. The molecule has 1 aromatic heterocycles. The predicted molar refractivity (Wildman–Crippen MR) is 84.9 cm³/mol. The van der Waals surface area contributed by atoms with Crippen molar-refractivity contribution < 1.29 is 0 Å². The van der Waals surface area contributed by atoms with Gasteiger partial charge < -0.3 is 11.1 Å². The lowest BCUT2D eigenvalue weighted by atomic mass is 10.1. The van der Waals surface area contributed by atoms with Crippen LogP contribution in [0.3, 0.4) is 0 Å². The van der Waals surface area contributed by atoms with Gasteiger partial charge in [0.25, 0.3) is 0 Å². The molecule has 0 saturated carbocycles. The summed E-state index contributed by atoms with van der Waals surface area (Å²) in [6.07, 6.45) is 4.42. The van der Waals surface area contributed by atoms with Crippen LogP contribution in [0.5, 0.6) is 0 Å². The lowest BCUT2D eigenvalue weighted by Crippen LogP contribution is -2.34.